The van der Waals surface area contributed by atoms with Crippen molar-refractivity contribution in [2.75, 3.05) is 12.4 Å². The fourth-order valence-corrected chi connectivity index (χ4v) is 4.43. The molecule has 1 heterocycles. The molecule has 0 aliphatic heterocycles. The predicted molar refractivity (Wildman–Crippen MR) is 104 cm³/mol. The van der Waals surface area contributed by atoms with Crippen molar-refractivity contribution in [1.29, 1.82) is 0 Å². The maximum atomic E-state index is 12.4. The average molecular weight is 436 g/mol. The fourth-order valence-electron chi connectivity index (χ4n) is 2.85. The van der Waals surface area contributed by atoms with E-state index in [0.29, 0.717) is 15.7 Å². The Morgan fingerprint density at radius 2 is 2.04 bits per heavy atom. The van der Waals surface area contributed by atoms with Gasteiger partial charge in [-0.2, -0.15) is 0 Å². The van der Waals surface area contributed by atoms with Crippen molar-refractivity contribution in [3.63, 3.8) is 0 Å². The Morgan fingerprint density at radius 3 is 2.76 bits per heavy atom. The first kappa shape index (κ1) is 16.6. The van der Waals surface area contributed by atoms with Crippen LogP contribution in [-0.4, -0.2) is 18.0 Å². The Balaban J connectivity index is 1.65. The van der Waals surface area contributed by atoms with Gasteiger partial charge in [0.25, 0.3) is 5.91 Å². The highest BCUT2D eigenvalue weighted by atomic mass is 79.9. The molecule has 0 unspecified atom stereocenters. The van der Waals surface area contributed by atoms with E-state index >= 15 is 0 Å². The second-order valence-electron chi connectivity index (χ2n) is 5.53. The number of hydrogen-bond acceptors (Lipinski definition) is 4. The summed E-state index contributed by atoms with van der Waals surface area (Å²) in [5.74, 6) is 0.586. The van der Waals surface area contributed by atoms with E-state index in [2.05, 4.69) is 26.2 Å². The van der Waals surface area contributed by atoms with Crippen molar-refractivity contribution in [3.8, 4) is 17.0 Å². The predicted octanol–water partition coefficient (Wildman–Crippen LogP) is 5.39. The summed E-state index contributed by atoms with van der Waals surface area (Å²) in [4.78, 5) is 18.1. The molecule has 7 heteroatoms. The molecule has 1 aromatic heterocycles. The molecule has 0 bridgehead atoms. The molecule has 4 rings (SSSR count). The molecule has 4 nitrogen and oxygen atoms in total. The zero-order chi connectivity index (χ0) is 17.6. The van der Waals surface area contributed by atoms with Crippen molar-refractivity contribution >= 4 is 49.9 Å². The summed E-state index contributed by atoms with van der Waals surface area (Å²) in [7, 11) is 1.65. The normalized spacial score (nSPS) is 11.8. The van der Waals surface area contributed by atoms with Crippen LogP contribution < -0.4 is 10.1 Å². The summed E-state index contributed by atoms with van der Waals surface area (Å²) in [5, 5.41) is 4.04. The van der Waals surface area contributed by atoms with Crippen molar-refractivity contribution in [2.24, 2.45) is 0 Å². The van der Waals surface area contributed by atoms with Crippen LogP contribution in [0.1, 0.15) is 20.8 Å². The summed E-state index contributed by atoms with van der Waals surface area (Å²) in [6.07, 6.45) is 0.775. The van der Waals surface area contributed by atoms with Gasteiger partial charge in [-0.25, -0.2) is 4.98 Å². The lowest BCUT2D eigenvalue weighted by Gasteiger charge is -2.09. The maximum absolute atomic E-state index is 12.4. The van der Waals surface area contributed by atoms with Crippen LogP contribution in [0.25, 0.3) is 11.3 Å². The molecule has 1 aliphatic carbocycles. The zero-order valence-corrected chi connectivity index (χ0v) is 16.3. The molecule has 3 aromatic rings. The SMILES string of the molecule is COc1ccc(Br)c2c1-c1nc(NC(=O)c3ccc(Cl)cc3)sc1C2. The van der Waals surface area contributed by atoms with E-state index in [1.165, 1.54) is 16.9 Å². The van der Waals surface area contributed by atoms with Crippen LogP contribution >= 0.6 is 38.9 Å². The smallest absolute Gasteiger partial charge is 0.257 e. The zero-order valence-electron chi connectivity index (χ0n) is 13.1. The second kappa shape index (κ2) is 6.44. The van der Waals surface area contributed by atoms with Crippen LogP contribution in [0.5, 0.6) is 5.75 Å². The number of thiazole rings is 1. The van der Waals surface area contributed by atoms with E-state index in [1.54, 1.807) is 31.4 Å². The Kier molecular flexibility index (Phi) is 4.27. The summed E-state index contributed by atoms with van der Waals surface area (Å²) < 4.78 is 6.53. The number of hydrogen-bond donors (Lipinski definition) is 1. The number of ether oxygens (including phenoxy) is 1. The van der Waals surface area contributed by atoms with E-state index in [-0.39, 0.29) is 5.91 Å². The van der Waals surface area contributed by atoms with Crippen LogP contribution in [0.4, 0.5) is 5.13 Å². The highest BCUT2D eigenvalue weighted by Gasteiger charge is 2.29. The van der Waals surface area contributed by atoms with E-state index in [9.17, 15) is 4.79 Å². The minimum atomic E-state index is -0.203. The van der Waals surface area contributed by atoms with E-state index < -0.39 is 0 Å². The lowest BCUT2D eigenvalue weighted by Crippen LogP contribution is -2.11. The van der Waals surface area contributed by atoms with Crippen LogP contribution in [0.15, 0.2) is 40.9 Å². The molecule has 1 N–H and O–H groups in total. The van der Waals surface area contributed by atoms with Gasteiger partial charge in [-0.15, -0.1) is 11.3 Å². The van der Waals surface area contributed by atoms with Gasteiger partial charge in [0.1, 0.15) is 5.75 Å². The molecule has 126 valence electrons. The van der Waals surface area contributed by atoms with Gasteiger partial charge in [0, 0.05) is 31.9 Å². The molecule has 25 heavy (non-hydrogen) atoms. The number of methoxy groups -OCH3 is 1. The van der Waals surface area contributed by atoms with E-state index in [1.807, 2.05) is 12.1 Å². The van der Waals surface area contributed by atoms with Gasteiger partial charge >= 0.3 is 0 Å². The molecule has 2 aromatic carbocycles. The molecule has 0 radical (unpaired) electrons. The standard InChI is InChI=1S/C18H12BrClN2O2S/c1-24-13-7-6-12(19)11-8-14-16(15(11)13)21-18(25-14)22-17(23)9-2-4-10(20)5-3-9/h2-7H,8H2,1H3,(H,21,22,23). The maximum Gasteiger partial charge on any atom is 0.257 e. The van der Waals surface area contributed by atoms with Crippen LogP contribution in [0, 0.1) is 0 Å². The molecular formula is C18H12BrClN2O2S. The fraction of sp³-hybridized carbons (Fsp3) is 0.111. The first-order chi connectivity index (χ1) is 12.1. The summed E-state index contributed by atoms with van der Waals surface area (Å²) in [6, 6.07) is 10.7. The number of nitrogens with zero attached hydrogens (tertiary/aromatic N) is 1. The molecular weight excluding hydrogens is 424 g/mol. The lowest BCUT2D eigenvalue weighted by atomic mass is 10.1. The number of fused-ring (bicyclic) bond motifs is 3. The summed E-state index contributed by atoms with van der Waals surface area (Å²) >= 11 is 10.9. The van der Waals surface area contributed by atoms with Gasteiger partial charge in [0.2, 0.25) is 0 Å². The number of nitrogens with one attached hydrogen (secondary N) is 1. The molecule has 0 atom stereocenters. The Morgan fingerprint density at radius 1 is 1.28 bits per heavy atom. The third kappa shape index (κ3) is 2.94. The van der Waals surface area contributed by atoms with Gasteiger partial charge in [-0.1, -0.05) is 27.5 Å². The third-order valence-electron chi connectivity index (χ3n) is 4.04. The van der Waals surface area contributed by atoms with Crippen molar-refractivity contribution in [3.05, 3.63) is 61.9 Å². The Labute approximate surface area is 161 Å². The van der Waals surface area contributed by atoms with Crippen molar-refractivity contribution in [1.82, 2.24) is 4.98 Å². The van der Waals surface area contributed by atoms with Gasteiger partial charge in [0.15, 0.2) is 5.13 Å². The number of halogens is 2. The first-order valence-electron chi connectivity index (χ1n) is 7.49. The van der Waals surface area contributed by atoms with Gasteiger partial charge < -0.3 is 4.74 Å². The quantitative estimate of drug-likeness (QED) is 0.469. The number of benzene rings is 2. The first-order valence-corrected chi connectivity index (χ1v) is 9.48. The average Bonchev–Trinajstić information content (AvgIpc) is 3.14. The molecule has 1 aliphatic rings. The number of carbonyl (C=O) groups excluding carboxylic acids is 1. The van der Waals surface area contributed by atoms with E-state index in [4.69, 9.17) is 16.3 Å². The molecule has 0 saturated carbocycles. The number of rotatable bonds is 3. The minimum absolute atomic E-state index is 0.203. The monoisotopic (exact) mass is 434 g/mol. The molecule has 0 spiro atoms. The number of aromatic nitrogens is 1. The Bertz CT molecular complexity index is 985. The third-order valence-corrected chi connectivity index (χ3v) is 6.00. The highest BCUT2D eigenvalue weighted by molar-refractivity contribution is 9.10. The Hall–Kier alpha value is -1.89. The van der Waals surface area contributed by atoms with Gasteiger partial charge in [0.05, 0.1) is 12.8 Å². The van der Waals surface area contributed by atoms with Crippen LogP contribution in [0.2, 0.25) is 5.02 Å². The second-order valence-corrected chi connectivity index (χ2v) is 7.91. The van der Waals surface area contributed by atoms with Crippen LogP contribution in [-0.2, 0) is 6.42 Å². The van der Waals surface area contributed by atoms with E-state index in [0.717, 1.165) is 32.8 Å². The number of anilines is 1. The molecule has 1 amide bonds. The van der Waals surface area contributed by atoms with Crippen molar-refractivity contribution < 1.29 is 9.53 Å². The molecule has 0 fully saturated rings. The highest BCUT2D eigenvalue weighted by Crippen LogP contribution is 2.48. The van der Waals surface area contributed by atoms with Gasteiger partial charge in [-0.3, -0.25) is 10.1 Å². The number of amides is 1. The largest absolute Gasteiger partial charge is 0.496 e. The minimum Gasteiger partial charge on any atom is -0.496 e. The summed E-state index contributed by atoms with van der Waals surface area (Å²) in [5.41, 5.74) is 3.59. The topological polar surface area (TPSA) is 51.2 Å². The van der Waals surface area contributed by atoms with Crippen molar-refractivity contribution in [2.45, 2.75) is 6.42 Å². The summed E-state index contributed by atoms with van der Waals surface area (Å²) in [6.45, 7) is 0. The number of carbonyl (C=O) groups is 1. The van der Waals surface area contributed by atoms with Gasteiger partial charge in [-0.05, 0) is 42.0 Å². The lowest BCUT2D eigenvalue weighted by molar-refractivity contribution is 0.102. The van der Waals surface area contributed by atoms with Crippen LogP contribution in [0.3, 0.4) is 0 Å². The molecule has 0 saturated heterocycles.